The zero-order chi connectivity index (χ0) is 15.7. The summed E-state index contributed by atoms with van der Waals surface area (Å²) in [5.74, 6) is 0.982. The van der Waals surface area contributed by atoms with Crippen LogP contribution in [0.4, 0.5) is 23.7 Å². The molecule has 4 rings (SSSR count). The SMILES string of the molecule is Nc1nc(N)c2[nH]cnc2n1.Nc1ncc2[nH]c(N)nc2n1. The second-order valence-corrected chi connectivity index (χ2v) is 4.16. The van der Waals surface area contributed by atoms with E-state index in [0.717, 1.165) is 0 Å². The number of anilines is 4. The molecule has 22 heavy (non-hydrogen) atoms. The number of rotatable bonds is 0. The maximum absolute atomic E-state index is 5.50. The molecule has 0 bridgehead atoms. The van der Waals surface area contributed by atoms with Gasteiger partial charge in [-0.2, -0.15) is 19.9 Å². The molecule has 10 N–H and O–H groups in total. The number of nitrogens with zero attached hydrogens (tertiary/aromatic N) is 6. The molecule has 0 amide bonds. The number of H-pyrrole nitrogens is 2. The molecular formula is C10H12N12. The summed E-state index contributed by atoms with van der Waals surface area (Å²) >= 11 is 0. The van der Waals surface area contributed by atoms with Gasteiger partial charge in [0.2, 0.25) is 11.9 Å². The van der Waals surface area contributed by atoms with Crippen molar-refractivity contribution in [1.82, 2.24) is 39.9 Å². The van der Waals surface area contributed by atoms with Crippen molar-refractivity contribution in [1.29, 1.82) is 0 Å². The minimum absolute atomic E-state index is 0.141. The minimum Gasteiger partial charge on any atom is -0.382 e. The van der Waals surface area contributed by atoms with Crippen LogP contribution in [-0.4, -0.2) is 39.9 Å². The summed E-state index contributed by atoms with van der Waals surface area (Å²) in [5, 5.41) is 0. The summed E-state index contributed by atoms with van der Waals surface area (Å²) in [4.78, 5) is 28.5. The minimum atomic E-state index is 0.141. The first-order chi connectivity index (χ1) is 10.5. The first-order valence-electron chi connectivity index (χ1n) is 5.98. The highest BCUT2D eigenvalue weighted by atomic mass is 15.1. The van der Waals surface area contributed by atoms with E-state index in [9.17, 15) is 0 Å². The van der Waals surface area contributed by atoms with Crippen molar-refractivity contribution in [2.45, 2.75) is 0 Å². The quantitative estimate of drug-likeness (QED) is 0.233. The van der Waals surface area contributed by atoms with Crippen LogP contribution in [0.3, 0.4) is 0 Å². The third-order valence-corrected chi connectivity index (χ3v) is 2.61. The Kier molecular flexibility index (Phi) is 3.02. The lowest BCUT2D eigenvalue weighted by Crippen LogP contribution is -1.99. The average Bonchev–Trinajstić information content (AvgIpc) is 3.04. The molecular weight excluding hydrogens is 288 g/mol. The number of aromatic nitrogens is 8. The van der Waals surface area contributed by atoms with Crippen molar-refractivity contribution < 1.29 is 0 Å². The number of nitrogens with two attached hydrogens (primary N) is 4. The average molecular weight is 300 g/mol. The molecule has 0 saturated carbocycles. The van der Waals surface area contributed by atoms with Crippen molar-refractivity contribution in [3.05, 3.63) is 12.5 Å². The first kappa shape index (κ1) is 13.3. The Hall–Kier alpha value is -3.70. The van der Waals surface area contributed by atoms with Gasteiger partial charge >= 0.3 is 0 Å². The molecule has 0 aromatic carbocycles. The van der Waals surface area contributed by atoms with Crippen LogP contribution in [0.25, 0.3) is 22.3 Å². The number of nitrogen functional groups attached to an aromatic ring is 4. The van der Waals surface area contributed by atoms with Crippen LogP contribution in [0.5, 0.6) is 0 Å². The van der Waals surface area contributed by atoms with E-state index >= 15 is 0 Å². The Labute approximate surface area is 122 Å². The van der Waals surface area contributed by atoms with E-state index in [-0.39, 0.29) is 11.9 Å². The van der Waals surface area contributed by atoms with Crippen LogP contribution < -0.4 is 22.9 Å². The van der Waals surface area contributed by atoms with Crippen LogP contribution in [0.2, 0.25) is 0 Å². The molecule has 0 aliphatic heterocycles. The Morgan fingerprint density at radius 2 is 1.59 bits per heavy atom. The van der Waals surface area contributed by atoms with Gasteiger partial charge in [-0.15, -0.1) is 0 Å². The predicted octanol–water partition coefficient (Wildman–Crippen LogP) is -0.965. The second kappa shape index (κ2) is 5.01. The van der Waals surface area contributed by atoms with Gasteiger partial charge in [-0.05, 0) is 0 Å². The van der Waals surface area contributed by atoms with Crippen LogP contribution in [0.1, 0.15) is 0 Å². The van der Waals surface area contributed by atoms with E-state index < -0.39 is 0 Å². The van der Waals surface area contributed by atoms with E-state index in [0.29, 0.717) is 34.1 Å². The van der Waals surface area contributed by atoms with E-state index in [1.165, 1.54) is 6.33 Å². The monoisotopic (exact) mass is 300 g/mol. The van der Waals surface area contributed by atoms with Gasteiger partial charge in [0, 0.05) is 0 Å². The molecule has 12 heteroatoms. The largest absolute Gasteiger partial charge is 0.382 e. The predicted molar refractivity (Wildman–Crippen MR) is 81.0 cm³/mol. The van der Waals surface area contributed by atoms with Gasteiger partial charge in [0.15, 0.2) is 23.1 Å². The lowest BCUT2D eigenvalue weighted by molar-refractivity contribution is 1.22. The highest BCUT2D eigenvalue weighted by Gasteiger charge is 2.03. The summed E-state index contributed by atoms with van der Waals surface area (Å²) in [5.41, 5.74) is 23.8. The molecule has 0 unspecified atom stereocenters. The summed E-state index contributed by atoms with van der Waals surface area (Å²) in [6, 6.07) is 0. The molecule has 0 fully saturated rings. The molecule has 0 saturated heterocycles. The van der Waals surface area contributed by atoms with E-state index in [1.54, 1.807) is 6.20 Å². The van der Waals surface area contributed by atoms with Gasteiger partial charge in [0.25, 0.3) is 0 Å². The number of aromatic amines is 2. The molecule has 112 valence electrons. The highest BCUT2D eigenvalue weighted by Crippen LogP contribution is 2.12. The van der Waals surface area contributed by atoms with Gasteiger partial charge in [-0.25, -0.2) is 9.97 Å². The van der Waals surface area contributed by atoms with Gasteiger partial charge in [0.1, 0.15) is 11.0 Å². The van der Waals surface area contributed by atoms with Crippen LogP contribution in [0.15, 0.2) is 12.5 Å². The number of hydrogen-bond acceptors (Lipinski definition) is 10. The zero-order valence-electron chi connectivity index (χ0n) is 11.1. The number of nitrogens with one attached hydrogen (secondary N) is 2. The van der Waals surface area contributed by atoms with Crippen molar-refractivity contribution in [3.8, 4) is 0 Å². The lowest BCUT2D eigenvalue weighted by Gasteiger charge is -1.94. The molecule has 4 aromatic heterocycles. The Morgan fingerprint density at radius 1 is 0.818 bits per heavy atom. The van der Waals surface area contributed by atoms with Gasteiger partial charge in [-0.3, -0.25) is 0 Å². The summed E-state index contributed by atoms with van der Waals surface area (Å²) in [7, 11) is 0. The molecule has 4 heterocycles. The van der Waals surface area contributed by atoms with Crippen molar-refractivity contribution in [2.75, 3.05) is 22.9 Å². The number of fused-ring (bicyclic) bond motifs is 2. The topological polar surface area (TPSA) is 213 Å². The van der Waals surface area contributed by atoms with Crippen molar-refractivity contribution >= 4 is 46.0 Å². The fourth-order valence-corrected chi connectivity index (χ4v) is 1.71. The van der Waals surface area contributed by atoms with E-state index in [2.05, 4.69) is 39.9 Å². The van der Waals surface area contributed by atoms with E-state index in [4.69, 9.17) is 22.9 Å². The number of hydrogen-bond donors (Lipinski definition) is 6. The van der Waals surface area contributed by atoms with Crippen molar-refractivity contribution in [3.63, 3.8) is 0 Å². The van der Waals surface area contributed by atoms with Gasteiger partial charge < -0.3 is 32.9 Å². The van der Waals surface area contributed by atoms with E-state index in [1.807, 2.05) is 0 Å². The maximum atomic E-state index is 5.50. The maximum Gasteiger partial charge on any atom is 0.224 e. The summed E-state index contributed by atoms with van der Waals surface area (Å²) < 4.78 is 0. The normalized spacial score (nSPS) is 10.5. The van der Waals surface area contributed by atoms with Gasteiger partial charge in [-0.1, -0.05) is 0 Å². The fraction of sp³-hybridized carbons (Fsp3) is 0. The molecule has 0 aliphatic rings. The highest BCUT2D eigenvalue weighted by molar-refractivity contribution is 5.81. The Morgan fingerprint density at radius 3 is 2.41 bits per heavy atom. The zero-order valence-corrected chi connectivity index (χ0v) is 11.1. The second-order valence-electron chi connectivity index (χ2n) is 4.16. The Balaban J connectivity index is 0.000000131. The van der Waals surface area contributed by atoms with Crippen molar-refractivity contribution in [2.24, 2.45) is 0 Å². The molecule has 0 atom stereocenters. The third-order valence-electron chi connectivity index (χ3n) is 2.61. The third kappa shape index (κ3) is 2.47. The fourth-order valence-electron chi connectivity index (χ4n) is 1.71. The lowest BCUT2D eigenvalue weighted by atomic mass is 10.5. The molecule has 0 radical (unpaired) electrons. The molecule has 12 nitrogen and oxygen atoms in total. The number of imidazole rings is 2. The molecule has 0 aliphatic carbocycles. The standard InChI is InChI=1S/2C5H6N6/c6-3-2-4(9-1-8-2)11-5(7)10-3;6-4-8-1-2-3(10-4)11-5(7)9-2/h2*1H,(H5,6,7,8,9,10,11). The Bertz CT molecular complexity index is 937. The summed E-state index contributed by atoms with van der Waals surface area (Å²) in [6.45, 7) is 0. The molecule has 4 aromatic rings. The van der Waals surface area contributed by atoms with Gasteiger partial charge in [0.05, 0.1) is 12.5 Å². The smallest absolute Gasteiger partial charge is 0.224 e. The molecule has 0 spiro atoms. The van der Waals surface area contributed by atoms with Crippen LogP contribution in [-0.2, 0) is 0 Å². The summed E-state index contributed by atoms with van der Waals surface area (Å²) in [6.07, 6.45) is 3.04. The van der Waals surface area contributed by atoms with Crippen LogP contribution in [0, 0.1) is 0 Å². The van der Waals surface area contributed by atoms with Crippen LogP contribution >= 0.6 is 0 Å². The first-order valence-corrected chi connectivity index (χ1v) is 5.98.